The van der Waals surface area contributed by atoms with Crippen LogP contribution in [0, 0.1) is 11.2 Å². The Labute approximate surface area is 113 Å². The summed E-state index contributed by atoms with van der Waals surface area (Å²) < 4.78 is 18.2. The minimum absolute atomic E-state index is 0.251. The first-order valence-corrected chi connectivity index (χ1v) is 6.96. The third-order valence-corrected chi connectivity index (χ3v) is 3.38. The van der Waals surface area contributed by atoms with Crippen LogP contribution in [-0.2, 0) is 0 Å². The lowest BCUT2D eigenvalue weighted by Gasteiger charge is -2.29. The van der Waals surface area contributed by atoms with Gasteiger partial charge in [0.1, 0.15) is 11.6 Å². The van der Waals surface area contributed by atoms with E-state index >= 15 is 0 Å². The van der Waals surface area contributed by atoms with E-state index in [-0.39, 0.29) is 5.82 Å². The van der Waals surface area contributed by atoms with Gasteiger partial charge in [-0.05, 0) is 49.9 Å². The van der Waals surface area contributed by atoms with Crippen molar-refractivity contribution < 1.29 is 9.13 Å². The van der Waals surface area contributed by atoms with E-state index in [2.05, 4.69) is 4.90 Å². The summed E-state index contributed by atoms with van der Waals surface area (Å²) in [5.74, 6) is 1.16. The summed E-state index contributed by atoms with van der Waals surface area (Å²) in [5, 5.41) is 8.02. The van der Waals surface area contributed by atoms with Crippen LogP contribution in [0.2, 0.25) is 0 Å². The molecule has 0 unspecified atom stereocenters. The molecule has 1 N–H and O–H groups in total. The number of piperidine rings is 1. The number of benzene rings is 1. The second kappa shape index (κ2) is 7.12. The molecule has 19 heavy (non-hydrogen) atoms. The molecule has 1 saturated heterocycles. The van der Waals surface area contributed by atoms with Crippen LogP contribution in [0.5, 0.6) is 5.75 Å². The van der Waals surface area contributed by atoms with Gasteiger partial charge in [0.05, 0.1) is 12.4 Å². The highest BCUT2D eigenvalue weighted by atomic mass is 19.1. The molecule has 0 aliphatic carbocycles. The van der Waals surface area contributed by atoms with Crippen LogP contribution in [0.15, 0.2) is 24.3 Å². The monoisotopic (exact) mass is 264 g/mol. The van der Waals surface area contributed by atoms with E-state index in [0.717, 1.165) is 31.8 Å². The smallest absolute Gasteiger partial charge is 0.123 e. The Hall–Kier alpha value is -1.58. The molecule has 0 bridgehead atoms. The van der Waals surface area contributed by atoms with Crippen LogP contribution in [0.1, 0.15) is 32.1 Å². The van der Waals surface area contributed by atoms with E-state index in [4.69, 9.17) is 10.1 Å². The quantitative estimate of drug-likeness (QED) is 0.502. The molecule has 1 aliphatic heterocycles. The van der Waals surface area contributed by atoms with Crippen molar-refractivity contribution in [2.75, 3.05) is 19.7 Å². The molecule has 104 valence electrons. The number of ether oxygens (including phenoxy) is 1. The Bertz CT molecular complexity index is 399. The molecular formula is C15H21FN2O. The predicted molar refractivity (Wildman–Crippen MR) is 74.3 cm³/mol. The zero-order valence-corrected chi connectivity index (χ0v) is 11.2. The summed E-state index contributed by atoms with van der Waals surface area (Å²) in [6, 6.07) is 6.05. The molecule has 1 fully saturated rings. The summed E-state index contributed by atoms with van der Waals surface area (Å²) in [6.07, 6.45) is 5.27. The third-order valence-electron chi connectivity index (χ3n) is 3.38. The van der Waals surface area contributed by atoms with Gasteiger partial charge in [0.2, 0.25) is 0 Å². The SMILES string of the molecule is N=C(CCCOc1ccc(F)cc1)N1CCCCC1. The first-order valence-electron chi connectivity index (χ1n) is 6.96. The molecule has 0 saturated carbocycles. The van der Waals surface area contributed by atoms with Crippen molar-refractivity contribution in [2.45, 2.75) is 32.1 Å². The Balaban J connectivity index is 1.63. The van der Waals surface area contributed by atoms with Gasteiger partial charge in [-0.15, -0.1) is 0 Å². The maximum atomic E-state index is 12.7. The molecule has 1 aromatic carbocycles. The molecular weight excluding hydrogens is 243 g/mol. The van der Waals surface area contributed by atoms with E-state index in [9.17, 15) is 4.39 Å². The average molecular weight is 264 g/mol. The summed E-state index contributed by atoms with van der Waals surface area (Å²) in [5.41, 5.74) is 0. The largest absolute Gasteiger partial charge is 0.494 e. The molecule has 0 amide bonds. The Kier molecular flexibility index (Phi) is 5.19. The fraction of sp³-hybridized carbons (Fsp3) is 0.533. The molecule has 1 heterocycles. The maximum Gasteiger partial charge on any atom is 0.123 e. The molecule has 0 aromatic heterocycles. The van der Waals surface area contributed by atoms with Gasteiger partial charge >= 0.3 is 0 Å². The van der Waals surface area contributed by atoms with Gasteiger partial charge in [-0.25, -0.2) is 4.39 Å². The maximum absolute atomic E-state index is 12.7. The summed E-state index contributed by atoms with van der Waals surface area (Å²) >= 11 is 0. The highest BCUT2D eigenvalue weighted by Crippen LogP contribution is 2.13. The van der Waals surface area contributed by atoms with E-state index in [1.807, 2.05) is 0 Å². The first kappa shape index (κ1) is 13.8. The lowest BCUT2D eigenvalue weighted by molar-refractivity contribution is 0.302. The topological polar surface area (TPSA) is 36.3 Å². The van der Waals surface area contributed by atoms with E-state index in [1.54, 1.807) is 12.1 Å². The Morgan fingerprint density at radius 2 is 1.84 bits per heavy atom. The predicted octanol–water partition coefficient (Wildman–Crippen LogP) is 3.45. The fourth-order valence-electron chi connectivity index (χ4n) is 2.28. The van der Waals surface area contributed by atoms with Crippen molar-refractivity contribution in [3.05, 3.63) is 30.1 Å². The summed E-state index contributed by atoms with van der Waals surface area (Å²) in [4.78, 5) is 2.17. The van der Waals surface area contributed by atoms with Gasteiger partial charge in [-0.2, -0.15) is 0 Å². The second-order valence-electron chi connectivity index (χ2n) is 4.90. The van der Waals surface area contributed by atoms with Crippen LogP contribution < -0.4 is 4.74 Å². The van der Waals surface area contributed by atoms with Gasteiger partial charge in [0, 0.05) is 19.5 Å². The molecule has 4 heteroatoms. The minimum Gasteiger partial charge on any atom is -0.494 e. The molecule has 2 rings (SSSR count). The number of hydrogen-bond acceptors (Lipinski definition) is 2. The van der Waals surface area contributed by atoms with Gasteiger partial charge in [0.15, 0.2) is 0 Å². The highest BCUT2D eigenvalue weighted by molar-refractivity contribution is 5.79. The van der Waals surface area contributed by atoms with Gasteiger partial charge in [-0.1, -0.05) is 0 Å². The van der Waals surface area contributed by atoms with Crippen molar-refractivity contribution >= 4 is 5.84 Å². The third kappa shape index (κ3) is 4.54. The van der Waals surface area contributed by atoms with Crippen molar-refractivity contribution in [1.82, 2.24) is 4.90 Å². The van der Waals surface area contributed by atoms with Crippen LogP contribution in [0.3, 0.4) is 0 Å². The highest BCUT2D eigenvalue weighted by Gasteiger charge is 2.12. The number of amidine groups is 1. The van der Waals surface area contributed by atoms with Crippen LogP contribution in [0.4, 0.5) is 4.39 Å². The normalized spacial score (nSPS) is 15.3. The van der Waals surface area contributed by atoms with E-state index in [0.29, 0.717) is 12.4 Å². The number of nitrogens with one attached hydrogen (secondary N) is 1. The Morgan fingerprint density at radius 3 is 2.53 bits per heavy atom. The van der Waals surface area contributed by atoms with Gasteiger partial charge in [-0.3, -0.25) is 5.41 Å². The minimum atomic E-state index is -0.251. The summed E-state index contributed by atoms with van der Waals surface area (Å²) in [7, 11) is 0. The van der Waals surface area contributed by atoms with Crippen molar-refractivity contribution in [1.29, 1.82) is 5.41 Å². The van der Waals surface area contributed by atoms with Crippen LogP contribution in [-0.4, -0.2) is 30.4 Å². The van der Waals surface area contributed by atoms with Crippen molar-refractivity contribution in [2.24, 2.45) is 0 Å². The standard InChI is InChI=1S/C15H21FN2O/c16-13-6-8-14(9-7-13)19-12-4-5-15(17)18-10-2-1-3-11-18/h6-9,17H,1-5,10-12H2. The average Bonchev–Trinajstić information content (AvgIpc) is 2.46. The fourth-order valence-corrected chi connectivity index (χ4v) is 2.28. The zero-order chi connectivity index (χ0) is 13.5. The summed E-state index contributed by atoms with van der Waals surface area (Å²) in [6.45, 7) is 2.62. The Morgan fingerprint density at radius 1 is 1.16 bits per heavy atom. The van der Waals surface area contributed by atoms with Crippen LogP contribution >= 0.6 is 0 Å². The first-order chi connectivity index (χ1) is 9.25. The molecule has 0 atom stereocenters. The lowest BCUT2D eigenvalue weighted by atomic mass is 10.1. The molecule has 1 aromatic rings. The molecule has 0 radical (unpaired) electrons. The second-order valence-corrected chi connectivity index (χ2v) is 4.90. The molecule has 1 aliphatic rings. The molecule has 0 spiro atoms. The number of halogens is 1. The zero-order valence-electron chi connectivity index (χ0n) is 11.2. The van der Waals surface area contributed by atoms with Crippen molar-refractivity contribution in [3.8, 4) is 5.75 Å². The number of likely N-dealkylation sites (tertiary alicyclic amines) is 1. The number of nitrogens with zero attached hydrogens (tertiary/aromatic N) is 1. The van der Waals surface area contributed by atoms with E-state index in [1.165, 1.54) is 31.4 Å². The van der Waals surface area contributed by atoms with Crippen LogP contribution in [0.25, 0.3) is 0 Å². The van der Waals surface area contributed by atoms with E-state index < -0.39 is 0 Å². The van der Waals surface area contributed by atoms with Gasteiger partial charge in [0.25, 0.3) is 0 Å². The lowest BCUT2D eigenvalue weighted by Crippen LogP contribution is -2.35. The number of rotatable bonds is 5. The number of hydrogen-bond donors (Lipinski definition) is 1. The van der Waals surface area contributed by atoms with Gasteiger partial charge < -0.3 is 9.64 Å². The van der Waals surface area contributed by atoms with Crippen molar-refractivity contribution in [3.63, 3.8) is 0 Å². The molecule has 3 nitrogen and oxygen atoms in total.